The van der Waals surface area contributed by atoms with Crippen LogP contribution in [0, 0.1) is 58.8 Å². The molecular weight excluding hydrogens is 446 g/mol. The van der Waals surface area contributed by atoms with Crippen LogP contribution in [0.15, 0.2) is 29.3 Å². The predicted octanol–water partition coefficient (Wildman–Crippen LogP) is 7.73. The van der Waals surface area contributed by atoms with E-state index in [1.165, 1.54) is 19.3 Å². The third kappa shape index (κ3) is 6.78. The van der Waals surface area contributed by atoms with Crippen molar-refractivity contribution in [1.29, 1.82) is 0 Å². The molecule has 0 atom stereocenters. The van der Waals surface area contributed by atoms with Crippen LogP contribution < -0.4 is 0 Å². The zero-order valence-electron chi connectivity index (χ0n) is 18.3. The Balaban J connectivity index is 1.73. The van der Waals surface area contributed by atoms with Crippen molar-refractivity contribution in [3.8, 4) is 23.7 Å². The second-order valence-corrected chi connectivity index (χ2v) is 8.37. The normalized spacial score (nSPS) is 17.2. The lowest BCUT2D eigenvalue weighted by Gasteiger charge is -2.25. The highest BCUT2D eigenvalue weighted by atomic mass is 32.1. The SMILES string of the molecule is CCCCC1CCC(C#Cc2cc(F)c(C#Cc3cc(F)c(N=C=S)c(F)c3)c(F)c2)CC1. The summed E-state index contributed by atoms with van der Waals surface area (Å²) in [6.07, 6.45) is 8.05. The highest BCUT2D eigenvalue weighted by molar-refractivity contribution is 7.78. The summed E-state index contributed by atoms with van der Waals surface area (Å²) in [7, 11) is 0. The van der Waals surface area contributed by atoms with Crippen molar-refractivity contribution in [2.24, 2.45) is 16.8 Å². The molecular formula is C27H23F4NS. The molecule has 33 heavy (non-hydrogen) atoms. The van der Waals surface area contributed by atoms with E-state index in [9.17, 15) is 17.6 Å². The van der Waals surface area contributed by atoms with Gasteiger partial charge in [-0.2, -0.15) is 4.99 Å². The molecule has 1 aliphatic rings. The number of isothiocyanates is 1. The number of hydrogen-bond acceptors (Lipinski definition) is 2. The molecule has 0 N–H and O–H groups in total. The van der Waals surface area contributed by atoms with E-state index in [0.29, 0.717) is 0 Å². The fourth-order valence-corrected chi connectivity index (χ4v) is 4.05. The molecule has 0 aliphatic heterocycles. The molecule has 0 heterocycles. The first-order chi connectivity index (χ1) is 15.9. The Hall–Kier alpha value is -2.92. The summed E-state index contributed by atoms with van der Waals surface area (Å²) < 4.78 is 56.8. The minimum Gasteiger partial charge on any atom is -0.205 e. The first-order valence-corrected chi connectivity index (χ1v) is 11.4. The van der Waals surface area contributed by atoms with E-state index in [1.54, 1.807) is 0 Å². The molecule has 1 nitrogen and oxygen atoms in total. The number of hydrogen-bond donors (Lipinski definition) is 0. The van der Waals surface area contributed by atoms with E-state index in [2.05, 4.69) is 47.8 Å². The summed E-state index contributed by atoms with van der Waals surface area (Å²) in [6.45, 7) is 2.20. The third-order valence-electron chi connectivity index (χ3n) is 5.78. The summed E-state index contributed by atoms with van der Waals surface area (Å²) >= 11 is 4.34. The van der Waals surface area contributed by atoms with Crippen molar-refractivity contribution in [1.82, 2.24) is 0 Å². The van der Waals surface area contributed by atoms with Gasteiger partial charge in [-0.15, -0.1) is 0 Å². The molecule has 1 fully saturated rings. The maximum atomic E-state index is 14.5. The molecule has 0 spiro atoms. The van der Waals surface area contributed by atoms with Crippen LogP contribution in [0.2, 0.25) is 0 Å². The van der Waals surface area contributed by atoms with Crippen LogP contribution in [-0.4, -0.2) is 5.16 Å². The molecule has 170 valence electrons. The summed E-state index contributed by atoms with van der Waals surface area (Å²) in [6, 6.07) is 4.08. The van der Waals surface area contributed by atoms with Gasteiger partial charge in [-0.25, -0.2) is 17.6 Å². The molecule has 0 unspecified atom stereocenters. The molecule has 0 radical (unpaired) electrons. The van der Waals surface area contributed by atoms with Gasteiger partial charge in [0.05, 0.1) is 10.7 Å². The minimum absolute atomic E-state index is 0.0921. The van der Waals surface area contributed by atoms with E-state index >= 15 is 0 Å². The molecule has 2 aromatic carbocycles. The quantitative estimate of drug-likeness (QED) is 0.193. The second kappa shape index (κ2) is 11.8. The zero-order chi connectivity index (χ0) is 23.8. The van der Waals surface area contributed by atoms with Crippen LogP contribution in [0.1, 0.15) is 68.6 Å². The van der Waals surface area contributed by atoms with E-state index in [-0.39, 0.29) is 17.0 Å². The Morgan fingerprint density at radius 2 is 1.42 bits per heavy atom. The number of benzene rings is 2. The number of aliphatic imine (C=N–C) groups is 1. The fraction of sp³-hybridized carbons (Fsp3) is 0.370. The third-order valence-corrected chi connectivity index (χ3v) is 5.87. The maximum absolute atomic E-state index is 14.5. The molecule has 0 saturated heterocycles. The van der Waals surface area contributed by atoms with Gasteiger partial charge in [0.25, 0.3) is 0 Å². The van der Waals surface area contributed by atoms with Crippen molar-refractivity contribution < 1.29 is 17.6 Å². The summed E-state index contributed by atoms with van der Waals surface area (Å²) in [5.74, 6) is 7.98. The number of nitrogens with zero attached hydrogens (tertiary/aromatic N) is 1. The highest BCUT2D eigenvalue weighted by Gasteiger charge is 2.19. The lowest BCUT2D eigenvalue weighted by atomic mass is 9.80. The van der Waals surface area contributed by atoms with E-state index in [4.69, 9.17) is 0 Å². The van der Waals surface area contributed by atoms with Crippen molar-refractivity contribution in [2.75, 3.05) is 0 Å². The van der Waals surface area contributed by atoms with Crippen molar-refractivity contribution in [3.63, 3.8) is 0 Å². The Bertz CT molecular complexity index is 1140. The van der Waals surface area contributed by atoms with Crippen molar-refractivity contribution in [2.45, 2.75) is 51.9 Å². The standard InChI is InChI=1S/C27H23F4NS/c1-2-3-4-18-5-7-19(8-6-18)9-10-20-13-23(28)22(24(29)14-20)12-11-21-15-25(30)27(32-17-33)26(31)16-21/h13-16,18-19H,2-8H2,1H3. The lowest BCUT2D eigenvalue weighted by molar-refractivity contribution is 0.296. The van der Waals surface area contributed by atoms with Crippen LogP contribution in [-0.2, 0) is 0 Å². The molecule has 2 aromatic rings. The van der Waals surface area contributed by atoms with Crippen LogP contribution in [0.25, 0.3) is 0 Å². The van der Waals surface area contributed by atoms with Crippen molar-refractivity contribution in [3.05, 3.63) is 64.2 Å². The molecule has 0 amide bonds. The molecule has 1 saturated carbocycles. The summed E-state index contributed by atoms with van der Waals surface area (Å²) in [5, 5.41) is 1.89. The summed E-state index contributed by atoms with van der Waals surface area (Å²) in [4.78, 5) is 3.30. The monoisotopic (exact) mass is 469 g/mol. The first kappa shape index (κ1) is 24.7. The smallest absolute Gasteiger partial charge is 0.153 e. The summed E-state index contributed by atoms with van der Waals surface area (Å²) in [5.41, 5.74) is -0.933. The fourth-order valence-electron chi connectivity index (χ4n) is 3.96. The van der Waals surface area contributed by atoms with E-state index < -0.39 is 34.5 Å². The first-order valence-electron chi connectivity index (χ1n) is 11.0. The Morgan fingerprint density at radius 3 is 2.00 bits per heavy atom. The molecule has 3 rings (SSSR count). The largest absolute Gasteiger partial charge is 0.205 e. The molecule has 0 aromatic heterocycles. The predicted molar refractivity (Wildman–Crippen MR) is 125 cm³/mol. The number of unbranched alkanes of at least 4 members (excludes halogenated alkanes) is 1. The van der Waals surface area contributed by atoms with Gasteiger partial charge < -0.3 is 0 Å². The highest BCUT2D eigenvalue weighted by Crippen LogP contribution is 2.31. The molecule has 6 heteroatoms. The number of thiocarbonyl (C=S) groups is 1. The zero-order valence-corrected chi connectivity index (χ0v) is 19.1. The lowest BCUT2D eigenvalue weighted by Crippen LogP contribution is -2.13. The Kier molecular flexibility index (Phi) is 8.84. The average molecular weight is 470 g/mol. The van der Waals surface area contributed by atoms with Gasteiger partial charge in [0.2, 0.25) is 0 Å². The number of rotatable bonds is 4. The minimum atomic E-state index is -0.998. The Labute approximate surface area is 197 Å². The van der Waals surface area contributed by atoms with Gasteiger partial charge >= 0.3 is 0 Å². The van der Waals surface area contributed by atoms with Gasteiger partial charge in [0.15, 0.2) is 11.6 Å². The number of halogens is 4. The second-order valence-electron chi connectivity index (χ2n) is 8.19. The van der Waals surface area contributed by atoms with Crippen LogP contribution in [0.4, 0.5) is 23.2 Å². The van der Waals surface area contributed by atoms with Crippen LogP contribution in [0.3, 0.4) is 0 Å². The van der Waals surface area contributed by atoms with Gasteiger partial charge in [-0.05, 0) is 68.1 Å². The van der Waals surface area contributed by atoms with Crippen molar-refractivity contribution >= 4 is 23.1 Å². The average Bonchev–Trinajstić information content (AvgIpc) is 2.79. The van der Waals surface area contributed by atoms with Gasteiger partial charge in [0.1, 0.15) is 17.3 Å². The van der Waals surface area contributed by atoms with Gasteiger partial charge in [0, 0.05) is 17.0 Å². The van der Waals surface area contributed by atoms with Crippen LogP contribution >= 0.6 is 12.2 Å². The van der Waals surface area contributed by atoms with E-state index in [0.717, 1.165) is 55.9 Å². The van der Waals surface area contributed by atoms with E-state index in [1.807, 2.05) is 5.16 Å². The molecule has 0 bridgehead atoms. The Morgan fingerprint density at radius 1 is 0.848 bits per heavy atom. The topological polar surface area (TPSA) is 12.4 Å². The van der Waals surface area contributed by atoms with Gasteiger partial charge in [-0.3, -0.25) is 0 Å². The maximum Gasteiger partial charge on any atom is 0.153 e. The van der Waals surface area contributed by atoms with Crippen LogP contribution in [0.5, 0.6) is 0 Å². The molecule has 1 aliphatic carbocycles. The van der Waals surface area contributed by atoms with Gasteiger partial charge in [-0.1, -0.05) is 49.9 Å².